The molecule has 0 spiro atoms. The summed E-state index contributed by atoms with van der Waals surface area (Å²) < 4.78 is -0.156. The number of nitro groups is 2. The van der Waals surface area contributed by atoms with E-state index in [4.69, 9.17) is 5.53 Å². The second-order valence-corrected chi connectivity index (χ2v) is 5.08. The molecule has 0 saturated carbocycles. The summed E-state index contributed by atoms with van der Waals surface area (Å²) in [5.74, 6) is -0.820. The molecule has 1 aromatic rings. The number of hydrogen-bond donors (Lipinski definition) is 0. The number of ketones is 1. The fraction of sp³-hybridized carbons (Fsp3) is 0. The number of rotatable bonds is 2. The van der Waals surface area contributed by atoms with Gasteiger partial charge in [0.05, 0.1) is 15.4 Å². The van der Waals surface area contributed by atoms with Crippen LogP contribution in [0.4, 0.5) is 5.00 Å². The highest BCUT2D eigenvalue weighted by molar-refractivity contribution is 9.10. The average molecular weight is 345 g/mol. The van der Waals surface area contributed by atoms with Crippen LogP contribution in [0.25, 0.3) is 11.2 Å². The van der Waals surface area contributed by atoms with E-state index in [2.05, 4.69) is 20.7 Å². The standard InChI is InChI=1S/C8HBrN4O5S/c9-5-4-6(14)2(11-10)1-3(12(15)16)7(4)19-8(5)13(17)18/h1H. The van der Waals surface area contributed by atoms with Crippen LogP contribution in [0.5, 0.6) is 0 Å². The summed E-state index contributed by atoms with van der Waals surface area (Å²) in [6, 6.07) is 0. The molecule has 2 rings (SSSR count). The molecule has 1 aromatic heterocycles. The van der Waals surface area contributed by atoms with E-state index in [1.54, 1.807) is 0 Å². The molecule has 0 amide bonds. The Hall–Kier alpha value is -2.23. The summed E-state index contributed by atoms with van der Waals surface area (Å²) >= 11 is 3.38. The van der Waals surface area contributed by atoms with Gasteiger partial charge in [-0.3, -0.25) is 25.0 Å². The van der Waals surface area contributed by atoms with Crippen LogP contribution < -0.4 is 0 Å². The van der Waals surface area contributed by atoms with Crippen LogP contribution in [0.1, 0.15) is 15.2 Å². The minimum absolute atomic E-state index is 0.138. The largest absolute Gasteiger partial charge is 0.369 e. The molecule has 0 atom stereocenters. The molecule has 0 saturated heterocycles. The Balaban J connectivity index is 2.84. The van der Waals surface area contributed by atoms with Crippen molar-refractivity contribution in [3.8, 4) is 0 Å². The van der Waals surface area contributed by atoms with E-state index in [0.29, 0.717) is 11.3 Å². The number of carbonyl (C=O) groups is 1. The average Bonchev–Trinajstić information content (AvgIpc) is 2.68. The monoisotopic (exact) mass is 344 g/mol. The number of Topliss-reactive ketones (excluding diaryl/α,β-unsaturated/α-hetero) is 1. The van der Waals surface area contributed by atoms with Crippen molar-refractivity contribution in [1.29, 1.82) is 0 Å². The first kappa shape index (κ1) is 13.2. The maximum Gasteiger partial charge on any atom is 0.369 e. The van der Waals surface area contributed by atoms with Crippen LogP contribution in [0.2, 0.25) is 0 Å². The van der Waals surface area contributed by atoms with E-state index in [-0.39, 0.29) is 14.9 Å². The fourth-order valence-corrected chi connectivity index (χ4v) is 3.39. The van der Waals surface area contributed by atoms with Crippen LogP contribution >= 0.6 is 27.3 Å². The molecule has 0 unspecified atom stereocenters. The Kier molecular flexibility index (Phi) is 3.10. The van der Waals surface area contributed by atoms with Gasteiger partial charge in [-0.1, -0.05) is 11.3 Å². The van der Waals surface area contributed by atoms with Crippen LogP contribution in [0.15, 0.2) is 10.5 Å². The van der Waals surface area contributed by atoms with Crippen molar-refractivity contribution >= 4 is 49.5 Å². The van der Waals surface area contributed by atoms with Crippen molar-refractivity contribution in [2.45, 2.75) is 0 Å². The van der Waals surface area contributed by atoms with E-state index in [9.17, 15) is 25.0 Å². The number of allylic oxidation sites excluding steroid dienone is 1. The van der Waals surface area contributed by atoms with E-state index in [1.807, 2.05) is 0 Å². The van der Waals surface area contributed by atoms with Crippen molar-refractivity contribution in [1.82, 2.24) is 0 Å². The van der Waals surface area contributed by atoms with Gasteiger partial charge in [-0.15, -0.1) is 0 Å². The van der Waals surface area contributed by atoms with Crippen molar-refractivity contribution in [3.63, 3.8) is 0 Å². The predicted molar refractivity (Wildman–Crippen MR) is 66.6 cm³/mol. The molecule has 0 aromatic carbocycles. The third-order valence-electron chi connectivity index (χ3n) is 2.27. The molecule has 1 aliphatic rings. The highest BCUT2D eigenvalue weighted by Gasteiger charge is 2.42. The molecule has 19 heavy (non-hydrogen) atoms. The van der Waals surface area contributed by atoms with E-state index in [0.717, 1.165) is 6.08 Å². The van der Waals surface area contributed by atoms with Gasteiger partial charge in [0, 0.05) is 0 Å². The molecule has 1 heterocycles. The van der Waals surface area contributed by atoms with E-state index >= 15 is 0 Å². The molecule has 0 aliphatic heterocycles. The van der Waals surface area contributed by atoms with Gasteiger partial charge in [-0.25, -0.2) is 0 Å². The maximum absolute atomic E-state index is 11.9. The first-order chi connectivity index (χ1) is 8.88. The number of nitrogens with zero attached hydrogens (tertiary/aromatic N) is 4. The minimum atomic E-state index is -0.820. The summed E-state index contributed by atoms with van der Waals surface area (Å²) in [7, 11) is 0. The summed E-state index contributed by atoms with van der Waals surface area (Å²) in [6.45, 7) is 0. The van der Waals surface area contributed by atoms with Crippen molar-refractivity contribution in [2.75, 3.05) is 0 Å². The summed E-state index contributed by atoms with van der Waals surface area (Å²) in [5.41, 5.74) is 7.34. The normalized spacial score (nSPS) is 13.6. The van der Waals surface area contributed by atoms with Gasteiger partial charge < -0.3 is 5.53 Å². The summed E-state index contributed by atoms with van der Waals surface area (Å²) in [5, 5.41) is 21.2. The smallest absolute Gasteiger partial charge is 0.361 e. The Morgan fingerprint density at radius 1 is 1.32 bits per heavy atom. The van der Waals surface area contributed by atoms with Gasteiger partial charge in [0.15, 0.2) is 0 Å². The van der Waals surface area contributed by atoms with Gasteiger partial charge in [0.25, 0.3) is 11.5 Å². The summed E-state index contributed by atoms with van der Waals surface area (Å²) in [6.07, 6.45) is 0.775. The van der Waals surface area contributed by atoms with Gasteiger partial charge in [0.2, 0.25) is 0 Å². The van der Waals surface area contributed by atoms with Gasteiger partial charge in [-0.05, 0) is 15.9 Å². The molecule has 96 valence electrons. The number of fused-ring (bicyclic) bond motifs is 1. The lowest BCUT2D eigenvalue weighted by molar-refractivity contribution is -0.381. The second kappa shape index (κ2) is 4.46. The quantitative estimate of drug-likeness (QED) is 0.348. The summed E-state index contributed by atoms with van der Waals surface area (Å²) in [4.78, 5) is 34.5. The molecular weight excluding hydrogens is 344 g/mol. The topological polar surface area (TPSA) is 140 Å². The fourth-order valence-electron chi connectivity index (χ4n) is 1.50. The van der Waals surface area contributed by atoms with Crippen molar-refractivity contribution in [2.24, 2.45) is 0 Å². The number of thiophene rings is 1. The molecule has 11 heteroatoms. The highest BCUT2D eigenvalue weighted by Crippen LogP contribution is 2.44. The number of hydrogen-bond acceptors (Lipinski definition) is 6. The Morgan fingerprint density at radius 3 is 2.42 bits per heavy atom. The first-order valence-corrected chi connectivity index (χ1v) is 6.09. The minimum Gasteiger partial charge on any atom is -0.361 e. The highest BCUT2D eigenvalue weighted by atomic mass is 79.9. The lowest BCUT2D eigenvalue weighted by atomic mass is 10.00. The zero-order chi connectivity index (χ0) is 14.3. The Morgan fingerprint density at radius 2 is 1.95 bits per heavy atom. The molecular formula is C8HBrN4O5S. The second-order valence-electron chi connectivity index (χ2n) is 3.28. The number of carbonyl (C=O) groups excluding carboxylic acids is 1. The molecule has 0 radical (unpaired) electrons. The molecule has 0 N–H and O–H groups in total. The third-order valence-corrected chi connectivity index (χ3v) is 4.47. The van der Waals surface area contributed by atoms with Crippen LogP contribution in [-0.2, 0) is 0 Å². The molecule has 0 bridgehead atoms. The third kappa shape index (κ3) is 1.89. The van der Waals surface area contributed by atoms with Crippen LogP contribution in [0, 0.1) is 20.2 Å². The van der Waals surface area contributed by atoms with Gasteiger partial charge in [0.1, 0.15) is 15.4 Å². The van der Waals surface area contributed by atoms with E-state index in [1.165, 1.54) is 0 Å². The number of halogens is 1. The lowest BCUT2D eigenvalue weighted by Crippen LogP contribution is -2.21. The SMILES string of the molecule is [N-]=[N+]=C1C=C([N+](=O)[O-])c2sc([N+](=O)[O-])c(Br)c2C1=O. The van der Waals surface area contributed by atoms with Gasteiger partial charge in [-0.2, -0.15) is 4.79 Å². The maximum atomic E-state index is 11.9. The lowest BCUT2D eigenvalue weighted by Gasteiger charge is -2.02. The molecule has 0 fully saturated rings. The Labute approximate surface area is 116 Å². The van der Waals surface area contributed by atoms with Crippen LogP contribution in [0.3, 0.4) is 0 Å². The van der Waals surface area contributed by atoms with Crippen LogP contribution in [-0.4, -0.2) is 26.1 Å². The van der Waals surface area contributed by atoms with Gasteiger partial charge >= 0.3 is 10.7 Å². The first-order valence-electron chi connectivity index (χ1n) is 4.48. The van der Waals surface area contributed by atoms with Crippen molar-refractivity contribution in [3.05, 3.63) is 46.7 Å². The predicted octanol–water partition coefficient (Wildman–Crippen LogP) is 1.90. The van der Waals surface area contributed by atoms with Crippen molar-refractivity contribution < 1.29 is 19.4 Å². The zero-order valence-corrected chi connectivity index (χ0v) is 11.1. The Bertz CT molecular complexity index is 730. The van der Waals surface area contributed by atoms with E-state index < -0.39 is 32.0 Å². The zero-order valence-electron chi connectivity index (χ0n) is 8.69. The molecule has 9 nitrogen and oxygen atoms in total. The molecule has 1 aliphatic carbocycles.